The number of carboxylic acid groups (broad SMARTS) is 1. The van der Waals surface area contributed by atoms with Crippen molar-refractivity contribution in [3.63, 3.8) is 0 Å². The van der Waals surface area contributed by atoms with Crippen LogP contribution in [0.25, 0.3) is 0 Å². The van der Waals surface area contributed by atoms with E-state index in [2.05, 4.69) is 0 Å². The van der Waals surface area contributed by atoms with Crippen molar-refractivity contribution in [3.05, 3.63) is 43.8 Å². The maximum absolute atomic E-state index is 12.5. The van der Waals surface area contributed by atoms with E-state index in [1.54, 1.807) is 17.4 Å². The smallest absolute Gasteiger partial charge is 0.345 e. The number of hydrogen-bond donors (Lipinski definition) is 1. The van der Waals surface area contributed by atoms with Gasteiger partial charge in [-0.1, -0.05) is 6.07 Å². The summed E-state index contributed by atoms with van der Waals surface area (Å²) >= 11 is 2.97. The molecule has 1 fully saturated rings. The molecule has 5 nitrogen and oxygen atoms in total. The number of aromatic carboxylic acids is 1. The average molecular weight is 377 g/mol. The molecule has 4 rings (SSSR count). The summed E-state index contributed by atoms with van der Waals surface area (Å²) in [4.78, 5) is 28.3. The second-order valence-electron chi connectivity index (χ2n) is 6.48. The van der Waals surface area contributed by atoms with Gasteiger partial charge in [-0.05, 0) is 35.9 Å². The average Bonchev–Trinajstić information content (AvgIpc) is 3.25. The standard InChI is InChI=1S/C18H19NO4S2/c20-16(10-12-2-1-9-24-12)19-6-4-18(5-7-19)13-11-15(17(21)22)25-14(13)3-8-23-18/h1-2,9,11H,3-8,10H2,(H,21,22). The minimum absolute atomic E-state index is 0.157. The number of fused-ring (bicyclic) bond motifs is 2. The minimum Gasteiger partial charge on any atom is -0.477 e. The molecule has 0 unspecified atom stereocenters. The number of nitrogens with zero attached hydrogens (tertiary/aromatic N) is 1. The Kier molecular flexibility index (Phi) is 4.39. The Balaban J connectivity index is 1.48. The zero-order chi connectivity index (χ0) is 17.4. The summed E-state index contributed by atoms with van der Waals surface area (Å²) in [6, 6.07) is 5.74. The van der Waals surface area contributed by atoms with Crippen molar-refractivity contribution in [2.45, 2.75) is 31.3 Å². The molecule has 0 aromatic carbocycles. The third-order valence-corrected chi connectivity index (χ3v) is 7.11. The van der Waals surface area contributed by atoms with Crippen LogP contribution in [-0.4, -0.2) is 41.6 Å². The molecule has 25 heavy (non-hydrogen) atoms. The summed E-state index contributed by atoms with van der Waals surface area (Å²) in [5.41, 5.74) is 0.615. The van der Waals surface area contributed by atoms with Crippen molar-refractivity contribution in [1.29, 1.82) is 0 Å². The summed E-state index contributed by atoms with van der Waals surface area (Å²) in [6.07, 6.45) is 2.69. The summed E-state index contributed by atoms with van der Waals surface area (Å²) < 4.78 is 6.14. The van der Waals surface area contributed by atoms with Crippen molar-refractivity contribution in [2.75, 3.05) is 19.7 Å². The highest BCUT2D eigenvalue weighted by molar-refractivity contribution is 7.14. The number of ether oxygens (including phenoxy) is 1. The van der Waals surface area contributed by atoms with E-state index in [9.17, 15) is 14.7 Å². The van der Waals surface area contributed by atoms with Crippen LogP contribution in [0.1, 0.15) is 37.8 Å². The van der Waals surface area contributed by atoms with E-state index >= 15 is 0 Å². The second-order valence-corrected chi connectivity index (χ2v) is 8.65. The van der Waals surface area contributed by atoms with Crippen LogP contribution in [0.3, 0.4) is 0 Å². The Morgan fingerprint density at radius 2 is 2.12 bits per heavy atom. The summed E-state index contributed by atoms with van der Waals surface area (Å²) in [7, 11) is 0. The van der Waals surface area contributed by atoms with Gasteiger partial charge in [0, 0.05) is 29.3 Å². The Labute approximate surface area is 153 Å². The highest BCUT2D eigenvalue weighted by Gasteiger charge is 2.43. The number of carbonyl (C=O) groups excluding carboxylic acids is 1. The molecule has 2 aliphatic heterocycles. The molecular formula is C18H19NO4S2. The highest BCUT2D eigenvalue weighted by atomic mass is 32.1. The van der Waals surface area contributed by atoms with E-state index in [-0.39, 0.29) is 5.91 Å². The lowest BCUT2D eigenvalue weighted by molar-refractivity contribution is -0.139. The van der Waals surface area contributed by atoms with Crippen LogP contribution in [-0.2, 0) is 28.0 Å². The lowest BCUT2D eigenvalue weighted by atomic mass is 9.82. The fourth-order valence-electron chi connectivity index (χ4n) is 3.73. The molecule has 0 bridgehead atoms. The second kappa shape index (κ2) is 6.55. The fraction of sp³-hybridized carbons (Fsp3) is 0.444. The number of thiophene rings is 2. The Hall–Kier alpha value is -1.70. The molecule has 1 amide bonds. The number of hydrogen-bond acceptors (Lipinski definition) is 5. The van der Waals surface area contributed by atoms with E-state index in [1.165, 1.54) is 11.3 Å². The monoisotopic (exact) mass is 377 g/mol. The van der Waals surface area contributed by atoms with Gasteiger partial charge >= 0.3 is 5.97 Å². The Morgan fingerprint density at radius 3 is 2.80 bits per heavy atom. The van der Waals surface area contributed by atoms with Gasteiger partial charge in [0.05, 0.1) is 18.6 Å². The van der Waals surface area contributed by atoms with Gasteiger partial charge in [-0.25, -0.2) is 4.79 Å². The van der Waals surface area contributed by atoms with Gasteiger partial charge in [-0.15, -0.1) is 22.7 Å². The third kappa shape index (κ3) is 3.12. The number of piperidine rings is 1. The van der Waals surface area contributed by atoms with Crippen LogP contribution in [0.2, 0.25) is 0 Å². The largest absolute Gasteiger partial charge is 0.477 e. The normalized spacial score (nSPS) is 19.0. The highest BCUT2D eigenvalue weighted by Crippen LogP contribution is 2.44. The van der Waals surface area contributed by atoms with Crippen molar-refractivity contribution >= 4 is 34.6 Å². The minimum atomic E-state index is -0.877. The van der Waals surface area contributed by atoms with E-state index in [4.69, 9.17) is 4.74 Å². The van der Waals surface area contributed by atoms with Crippen LogP contribution in [0.4, 0.5) is 0 Å². The number of carboxylic acids is 1. The first-order valence-corrected chi connectivity index (χ1v) is 10.1. The van der Waals surface area contributed by atoms with E-state index in [0.717, 1.165) is 34.6 Å². The lowest BCUT2D eigenvalue weighted by Crippen LogP contribution is -2.48. The molecule has 0 aliphatic carbocycles. The van der Waals surface area contributed by atoms with Crippen LogP contribution in [0.5, 0.6) is 0 Å². The molecule has 0 radical (unpaired) electrons. The molecule has 132 valence electrons. The Bertz CT molecular complexity index is 788. The molecule has 0 saturated carbocycles. The summed E-state index contributed by atoms with van der Waals surface area (Å²) in [5, 5.41) is 11.3. The first-order valence-electron chi connectivity index (χ1n) is 8.38. The number of likely N-dealkylation sites (tertiary alicyclic amines) is 1. The molecule has 2 aromatic rings. The van der Waals surface area contributed by atoms with Crippen LogP contribution in [0, 0.1) is 0 Å². The van der Waals surface area contributed by atoms with Gasteiger partial charge in [-0.2, -0.15) is 0 Å². The van der Waals surface area contributed by atoms with Gasteiger partial charge < -0.3 is 14.7 Å². The molecule has 2 aromatic heterocycles. The molecule has 1 spiro atoms. The number of carbonyl (C=O) groups is 2. The maximum atomic E-state index is 12.5. The maximum Gasteiger partial charge on any atom is 0.345 e. The van der Waals surface area contributed by atoms with Gasteiger partial charge in [0.1, 0.15) is 4.88 Å². The third-order valence-electron chi connectivity index (χ3n) is 5.05. The molecule has 4 heterocycles. The zero-order valence-electron chi connectivity index (χ0n) is 13.7. The van der Waals surface area contributed by atoms with E-state index in [0.29, 0.717) is 31.0 Å². The van der Waals surface area contributed by atoms with Crippen molar-refractivity contribution in [2.24, 2.45) is 0 Å². The SMILES string of the molecule is O=C(O)c1cc2c(s1)CCOC21CCN(C(=O)Cc2cccs2)CC1. The number of rotatable bonds is 3. The summed E-state index contributed by atoms with van der Waals surface area (Å²) in [5.74, 6) is -0.719. The topological polar surface area (TPSA) is 66.8 Å². The van der Waals surface area contributed by atoms with Gasteiger partial charge in [0.15, 0.2) is 0 Å². The first-order chi connectivity index (χ1) is 12.1. The van der Waals surface area contributed by atoms with Crippen LogP contribution >= 0.6 is 22.7 Å². The first kappa shape index (κ1) is 16.8. The molecule has 7 heteroatoms. The van der Waals surface area contributed by atoms with Gasteiger partial charge in [0.2, 0.25) is 5.91 Å². The van der Waals surface area contributed by atoms with Gasteiger partial charge in [0.25, 0.3) is 0 Å². The molecule has 1 saturated heterocycles. The van der Waals surface area contributed by atoms with Gasteiger partial charge in [-0.3, -0.25) is 4.79 Å². The quantitative estimate of drug-likeness (QED) is 0.892. The zero-order valence-corrected chi connectivity index (χ0v) is 15.3. The predicted molar refractivity (Wildman–Crippen MR) is 96.4 cm³/mol. The Morgan fingerprint density at radius 1 is 1.32 bits per heavy atom. The molecular weight excluding hydrogens is 358 g/mol. The van der Waals surface area contributed by atoms with Crippen molar-refractivity contribution in [1.82, 2.24) is 4.90 Å². The van der Waals surface area contributed by atoms with Crippen LogP contribution < -0.4 is 0 Å². The van der Waals surface area contributed by atoms with Crippen molar-refractivity contribution in [3.8, 4) is 0 Å². The summed E-state index contributed by atoms with van der Waals surface area (Å²) in [6.45, 7) is 1.93. The predicted octanol–water partition coefficient (Wildman–Crippen LogP) is 3.14. The molecule has 2 aliphatic rings. The molecule has 0 atom stereocenters. The molecule has 1 N–H and O–H groups in total. The lowest BCUT2D eigenvalue weighted by Gasteiger charge is -2.44. The van der Waals surface area contributed by atoms with E-state index in [1.807, 2.05) is 22.4 Å². The van der Waals surface area contributed by atoms with E-state index < -0.39 is 11.6 Å². The van der Waals surface area contributed by atoms with Crippen LogP contribution in [0.15, 0.2) is 23.6 Å². The number of amides is 1. The van der Waals surface area contributed by atoms with Crippen molar-refractivity contribution < 1.29 is 19.4 Å². The fourth-order valence-corrected chi connectivity index (χ4v) is 5.49.